The molecule has 6 nitrogen and oxygen atoms in total. The summed E-state index contributed by atoms with van der Waals surface area (Å²) >= 11 is 5.59. The molecule has 0 saturated carbocycles. The number of para-hydroxylation sites is 2. The SMILES string of the molecule is CC1CCCCN1C(=O)Cn1cc(C=C2C(=O)N(c3ccccc3)C(=S)N2C)c2ccccc21. The van der Waals surface area contributed by atoms with E-state index in [1.54, 1.807) is 9.80 Å². The molecule has 2 saturated heterocycles. The van der Waals surface area contributed by atoms with Crippen LogP contribution in [-0.2, 0) is 16.1 Å². The number of rotatable bonds is 4. The number of hydrogen-bond acceptors (Lipinski definition) is 3. The molecule has 0 aliphatic carbocycles. The lowest BCUT2D eigenvalue weighted by atomic mass is 10.0. The van der Waals surface area contributed by atoms with Crippen LogP contribution >= 0.6 is 12.2 Å². The number of piperidine rings is 1. The lowest BCUT2D eigenvalue weighted by molar-refractivity contribution is -0.135. The topological polar surface area (TPSA) is 48.8 Å². The lowest BCUT2D eigenvalue weighted by Gasteiger charge is -2.33. The van der Waals surface area contributed by atoms with E-state index < -0.39 is 0 Å². The van der Waals surface area contributed by atoms with E-state index in [1.165, 1.54) is 6.42 Å². The highest BCUT2D eigenvalue weighted by Crippen LogP contribution is 2.30. The summed E-state index contributed by atoms with van der Waals surface area (Å²) < 4.78 is 2.00. The van der Waals surface area contributed by atoms with Gasteiger partial charge in [-0.15, -0.1) is 0 Å². The van der Waals surface area contributed by atoms with Gasteiger partial charge in [-0.1, -0.05) is 36.4 Å². The maximum atomic E-state index is 13.4. The van der Waals surface area contributed by atoms with E-state index in [-0.39, 0.29) is 24.4 Å². The maximum Gasteiger partial charge on any atom is 0.281 e. The van der Waals surface area contributed by atoms with E-state index in [2.05, 4.69) is 6.92 Å². The van der Waals surface area contributed by atoms with E-state index in [0.29, 0.717) is 10.8 Å². The van der Waals surface area contributed by atoms with Gasteiger partial charge in [0, 0.05) is 42.3 Å². The van der Waals surface area contributed by atoms with Gasteiger partial charge in [0.1, 0.15) is 12.2 Å². The second-order valence-electron chi connectivity index (χ2n) is 9.01. The zero-order chi connectivity index (χ0) is 23.8. The fourth-order valence-corrected chi connectivity index (χ4v) is 5.22. The van der Waals surface area contributed by atoms with Crippen molar-refractivity contribution in [1.82, 2.24) is 14.4 Å². The predicted octanol–water partition coefficient (Wildman–Crippen LogP) is 4.65. The fourth-order valence-electron chi connectivity index (χ4n) is 4.93. The molecule has 2 aliphatic heterocycles. The van der Waals surface area contributed by atoms with Gasteiger partial charge in [0.2, 0.25) is 5.91 Å². The first kappa shape index (κ1) is 22.3. The number of fused-ring (bicyclic) bond motifs is 1. The number of carbonyl (C=O) groups excluding carboxylic acids is 2. The lowest BCUT2D eigenvalue weighted by Crippen LogP contribution is -2.43. The molecular formula is C27H28N4O2S. The molecule has 0 bridgehead atoms. The molecule has 0 N–H and O–H groups in total. The van der Waals surface area contributed by atoms with Crippen molar-refractivity contribution in [2.75, 3.05) is 18.5 Å². The van der Waals surface area contributed by atoms with Crippen LogP contribution in [0, 0.1) is 0 Å². The summed E-state index contributed by atoms with van der Waals surface area (Å²) in [6, 6.07) is 17.7. The number of benzene rings is 2. The van der Waals surface area contributed by atoms with Gasteiger partial charge in [-0.2, -0.15) is 0 Å². The summed E-state index contributed by atoms with van der Waals surface area (Å²) in [5, 5.41) is 1.44. The van der Waals surface area contributed by atoms with Crippen LogP contribution in [0.1, 0.15) is 31.7 Å². The molecule has 174 valence electrons. The molecule has 2 amide bonds. The van der Waals surface area contributed by atoms with Crippen molar-refractivity contribution >= 4 is 51.8 Å². The number of likely N-dealkylation sites (N-methyl/N-ethyl adjacent to an activating group) is 1. The minimum absolute atomic E-state index is 0.137. The second kappa shape index (κ2) is 9.06. The van der Waals surface area contributed by atoms with Gasteiger partial charge in [-0.3, -0.25) is 14.5 Å². The molecule has 2 fully saturated rings. The smallest absolute Gasteiger partial charge is 0.281 e. The van der Waals surface area contributed by atoms with Gasteiger partial charge in [0.25, 0.3) is 5.91 Å². The van der Waals surface area contributed by atoms with Crippen molar-refractivity contribution in [2.24, 2.45) is 0 Å². The van der Waals surface area contributed by atoms with Gasteiger partial charge in [-0.05, 0) is 62.7 Å². The fraction of sp³-hybridized carbons (Fsp3) is 0.296. The van der Waals surface area contributed by atoms with Crippen molar-refractivity contribution in [3.63, 3.8) is 0 Å². The molecule has 7 heteroatoms. The standard InChI is InChI=1S/C27H28N4O2S/c1-19-10-8-9-15-30(19)25(32)18-29-17-20(22-13-6-7-14-23(22)29)16-24-26(33)31(27(34)28(24)2)21-11-4-3-5-12-21/h3-7,11-14,16-17,19H,8-10,15,18H2,1-2H3. The van der Waals surface area contributed by atoms with Crippen molar-refractivity contribution in [1.29, 1.82) is 0 Å². The van der Waals surface area contributed by atoms with Crippen molar-refractivity contribution in [2.45, 2.75) is 38.8 Å². The summed E-state index contributed by atoms with van der Waals surface area (Å²) in [5.74, 6) is -0.0219. The van der Waals surface area contributed by atoms with E-state index in [4.69, 9.17) is 12.2 Å². The highest BCUT2D eigenvalue weighted by molar-refractivity contribution is 7.80. The predicted molar refractivity (Wildman–Crippen MR) is 139 cm³/mol. The van der Waals surface area contributed by atoms with Crippen LogP contribution in [0.25, 0.3) is 17.0 Å². The van der Waals surface area contributed by atoms with Crippen LogP contribution in [0.15, 0.2) is 66.5 Å². The summed E-state index contributed by atoms with van der Waals surface area (Å²) in [6.45, 7) is 3.23. The first-order chi connectivity index (χ1) is 16.5. The monoisotopic (exact) mass is 472 g/mol. The van der Waals surface area contributed by atoms with Gasteiger partial charge in [-0.25, -0.2) is 0 Å². The number of thiocarbonyl (C=S) groups is 1. The molecule has 1 unspecified atom stereocenters. The van der Waals surface area contributed by atoms with Crippen LogP contribution in [0.5, 0.6) is 0 Å². The second-order valence-corrected chi connectivity index (χ2v) is 9.37. The normalized spacial score (nSPS) is 20.1. The zero-order valence-corrected chi connectivity index (χ0v) is 20.3. The molecule has 34 heavy (non-hydrogen) atoms. The van der Waals surface area contributed by atoms with Crippen molar-refractivity contribution < 1.29 is 9.59 Å². The van der Waals surface area contributed by atoms with Crippen LogP contribution in [-0.4, -0.2) is 50.9 Å². The van der Waals surface area contributed by atoms with Gasteiger partial charge < -0.3 is 14.4 Å². The van der Waals surface area contributed by atoms with E-state index in [1.807, 2.05) is 83.4 Å². The number of amides is 2. The summed E-state index contributed by atoms with van der Waals surface area (Å²) in [5.41, 5.74) is 3.12. The van der Waals surface area contributed by atoms with E-state index >= 15 is 0 Å². The molecule has 3 heterocycles. The highest BCUT2D eigenvalue weighted by Gasteiger charge is 2.37. The maximum absolute atomic E-state index is 13.4. The number of aromatic nitrogens is 1. The minimum Gasteiger partial charge on any atom is -0.338 e. The molecule has 1 atom stereocenters. The number of likely N-dealkylation sites (tertiary alicyclic amines) is 1. The van der Waals surface area contributed by atoms with Crippen LogP contribution in [0.4, 0.5) is 5.69 Å². The Balaban J connectivity index is 1.49. The molecule has 3 aromatic rings. The molecule has 2 aliphatic rings. The Morgan fingerprint density at radius 2 is 1.82 bits per heavy atom. The molecule has 0 radical (unpaired) electrons. The Labute approximate surface area is 205 Å². The summed E-state index contributed by atoms with van der Waals surface area (Å²) in [4.78, 5) is 31.8. The summed E-state index contributed by atoms with van der Waals surface area (Å²) in [6.07, 6.45) is 7.15. The van der Waals surface area contributed by atoms with Gasteiger partial charge >= 0.3 is 0 Å². The van der Waals surface area contributed by atoms with Crippen molar-refractivity contribution in [3.8, 4) is 0 Å². The van der Waals surface area contributed by atoms with E-state index in [0.717, 1.165) is 41.5 Å². The molecule has 0 spiro atoms. The Morgan fingerprint density at radius 3 is 2.59 bits per heavy atom. The first-order valence-electron chi connectivity index (χ1n) is 11.7. The van der Waals surface area contributed by atoms with Crippen LogP contribution in [0.2, 0.25) is 0 Å². The average Bonchev–Trinajstić information content (AvgIpc) is 3.29. The first-order valence-corrected chi connectivity index (χ1v) is 12.1. The number of carbonyl (C=O) groups is 2. The Morgan fingerprint density at radius 1 is 1.09 bits per heavy atom. The molecular weight excluding hydrogens is 444 g/mol. The number of nitrogens with zero attached hydrogens (tertiary/aromatic N) is 4. The minimum atomic E-state index is -0.159. The Bertz CT molecular complexity index is 1300. The van der Waals surface area contributed by atoms with Crippen LogP contribution in [0.3, 0.4) is 0 Å². The summed E-state index contributed by atoms with van der Waals surface area (Å²) in [7, 11) is 1.81. The third-order valence-electron chi connectivity index (χ3n) is 6.82. The van der Waals surface area contributed by atoms with E-state index in [9.17, 15) is 9.59 Å². The third kappa shape index (κ3) is 3.90. The highest BCUT2D eigenvalue weighted by atomic mass is 32.1. The van der Waals surface area contributed by atoms with Crippen LogP contribution < -0.4 is 4.90 Å². The molecule has 1 aromatic heterocycles. The Hall–Kier alpha value is -3.45. The number of anilines is 1. The third-order valence-corrected chi connectivity index (χ3v) is 7.27. The number of hydrogen-bond donors (Lipinski definition) is 0. The quantitative estimate of drug-likeness (QED) is 0.410. The molecule has 5 rings (SSSR count). The molecule has 2 aromatic carbocycles. The Kier molecular flexibility index (Phi) is 5.96. The average molecular weight is 473 g/mol. The van der Waals surface area contributed by atoms with Gasteiger partial charge in [0.05, 0.1) is 5.69 Å². The van der Waals surface area contributed by atoms with Crippen molar-refractivity contribution in [3.05, 3.63) is 72.1 Å². The zero-order valence-electron chi connectivity index (χ0n) is 19.5. The van der Waals surface area contributed by atoms with Gasteiger partial charge in [0.15, 0.2) is 5.11 Å². The largest absolute Gasteiger partial charge is 0.338 e.